The summed E-state index contributed by atoms with van der Waals surface area (Å²) in [6.07, 6.45) is -2.61. The van der Waals surface area contributed by atoms with E-state index in [4.69, 9.17) is 11.6 Å². The first-order valence-electron chi connectivity index (χ1n) is 3.71. The van der Waals surface area contributed by atoms with Crippen LogP contribution in [0.4, 0.5) is 8.78 Å². The number of benzene rings is 1. The van der Waals surface area contributed by atoms with Crippen molar-refractivity contribution in [3.63, 3.8) is 0 Å². The van der Waals surface area contributed by atoms with Gasteiger partial charge in [-0.15, -0.1) is 0 Å². The average Bonchev–Trinajstić information content (AvgIpc) is 2.08. The number of rotatable bonds is 2. The predicted octanol–water partition coefficient (Wildman–Crippen LogP) is 4.08. The van der Waals surface area contributed by atoms with Crippen LogP contribution in [0.2, 0.25) is 5.02 Å². The smallest absolute Gasteiger partial charge is 0.264 e. The van der Waals surface area contributed by atoms with Crippen molar-refractivity contribution in [2.45, 2.75) is 13.3 Å². The highest BCUT2D eigenvalue weighted by Crippen LogP contribution is 2.31. The number of Topliss-reactive ketones (excluding diaryl/α,β-unsaturated/α-hetero) is 1. The quantitative estimate of drug-likeness (QED) is 0.590. The summed E-state index contributed by atoms with van der Waals surface area (Å²) >= 11 is 7.45. The second-order valence-corrected chi connectivity index (χ2v) is 4.20. The van der Waals surface area contributed by atoms with Gasteiger partial charge in [0.2, 0.25) is 0 Å². The summed E-state index contributed by atoms with van der Waals surface area (Å²) in [5.74, 6) is -0.273. The van der Waals surface area contributed by atoms with E-state index < -0.39 is 6.43 Å². The SMILES string of the molecule is CC(=O)c1cc(Cl)c(I)c(C(F)F)c1. The van der Waals surface area contributed by atoms with Crippen LogP contribution in [0.15, 0.2) is 12.1 Å². The Balaban J connectivity index is 3.35. The first-order valence-corrected chi connectivity index (χ1v) is 5.17. The second-order valence-electron chi connectivity index (χ2n) is 2.72. The number of alkyl halides is 2. The Morgan fingerprint density at radius 3 is 2.50 bits per heavy atom. The third-order valence-corrected chi connectivity index (χ3v) is 3.52. The molecule has 1 aromatic rings. The average molecular weight is 330 g/mol. The van der Waals surface area contributed by atoms with Gasteiger partial charge in [-0.2, -0.15) is 0 Å². The van der Waals surface area contributed by atoms with Crippen molar-refractivity contribution >= 4 is 40.0 Å². The minimum atomic E-state index is -2.61. The molecule has 0 unspecified atom stereocenters. The van der Waals surface area contributed by atoms with Crippen molar-refractivity contribution in [2.75, 3.05) is 0 Å². The van der Waals surface area contributed by atoms with E-state index in [1.54, 1.807) is 22.6 Å². The third kappa shape index (κ3) is 2.42. The van der Waals surface area contributed by atoms with E-state index in [1.807, 2.05) is 0 Å². The van der Waals surface area contributed by atoms with Crippen molar-refractivity contribution < 1.29 is 13.6 Å². The molecule has 0 N–H and O–H groups in total. The standard InChI is InChI=1S/C9H6ClF2IO/c1-4(14)5-2-6(9(11)12)8(13)7(10)3-5/h2-3,9H,1H3. The van der Waals surface area contributed by atoms with E-state index in [0.29, 0.717) is 3.57 Å². The Bertz CT molecular complexity index is 379. The fraction of sp³-hybridized carbons (Fsp3) is 0.222. The molecule has 76 valence electrons. The lowest BCUT2D eigenvalue weighted by atomic mass is 10.1. The molecule has 1 aromatic carbocycles. The zero-order chi connectivity index (χ0) is 10.9. The molecule has 0 atom stereocenters. The number of hydrogen-bond donors (Lipinski definition) is 0. The number of hydrogen-bond acceptors (Lipinski definition) is 1. The van der Waals surface area contributed by atoms with Gasteiger partial charge < -0.3 is 0 Å². The van der Waals surface area contributed by atoms with Crippen molar-refractivity contribution in [3.8, 4) is 0 Å². The largest absolute Gasteiger partial charge is 0.295 e. The van der Waals surface area contributed by atoms with Gasteiger partial charge in [0.1, 0.15) is 0 Å². The number of carbonyl (C=O) groups is 1. The molecule has 0 amide bonds. The maximum atomic E-state index is 12.5. The van der Waals surface area contributed by atoms with E-state index >= 15 is 0 Å². The lowest BCUT2D eigenvalue weighted by molar-refractivity contribution is 0.101. The maximum Gasteiger partial charge on any atom is 0.264 e. The summed E-state index contributed by atoms with van der Waals surface area (Å²) in [5, 5.41) is 0.189. The summed E-state index contributed by atoms with van der Waals surface area (Å²) in [4.78, 5) is 11.0. The summed E-state index contributed by atoms with van der Waals surface area (Å²) in [7, 11) is 0. The van der Waals surface area contributed by atoms with Gasteiger partial charge in [0.15, 0.2) is 5.78 Å². The molecule has 5 heteroatoms. The number of carbonyl (C=O) groups excluding carboxylic acids is 1. The molecule has 0 aliphatic carbocycles. The number of ketones is 1. The molecule has 14 heavy (non-hydrogen) atoms. The Morgan fingerprint density at radius 1 is 1.50 bits per heavy atom. The Kier molecular flexibility index (Phi) is 3.83. The molecule has 0 aliphatic heterocycles. The van der Waals surface area contributed by atoms with Crippen LogP contribution in [0.1, 0.15) is 29.3 Å². The molecule has 0 fully saturated rings. The van der Waals surface area contributed by atoms with Gasteiger partial charge in [0.25, 0.3) is 6.43 Å². The fourth-order valence-corrected chi connectivity index (χ4v) is 1.75. The molecule has 0 aliphatic rings. The highest BCUT2D eigenvalue weighted by atomic mass is 127. The maximum absolute atomic E-state index is 12.5. The minimum Gasteiger partial charge on any atom is -0.295 e. The predicted molar refractivity (Wildman–Crippen MR) is 59.1 cm³/mol. The van der Waals surface area contributed by atoms with Crippen molar-refractivity contribution in [1.29, 1.82) is 0 Å². The van der Waals surface area contributed by atoms with E-state index in [2.05, 4.69) is 0 Å². The summed E-state index contributed by atoms with van der Waals surface area (Å²) in [6.45, 7) is 1.31. The topological polar surface area (TPSA) is 17.1 Å². The molecular formula is C9H6ClF2IO. The third-order valence-electron chi connectivity index (χ3n) is 1.70. The van der Waals surface area contributed by atoms with Crippen molar-refractivity contribution in [1.82, 2.24) is 0 Å². The van der Waals surface area contributed by atoms with Gasteiger partial charge in [-0.3, -0.25) is 4.79 Å². The number of halogens is 4. The zero-order valence-electron chi connectivity index (χ0n) is 7.15. The second kappa shape index (κ2) is 4.53. The van der Waals surface area contributed by atoms with Crippen molar-refractivity contribution in [2.24, 2.45) is 0 Å². The molecule has 0 bridgehead atoms. The normalized spacial score (nSPS) is 10.7. The van der Waals surface area contributed by atoms with Crippen LogP contribution in [-0.4, -0.2) is 5.78 Å². The van der Waals surface area contributed by atoms with Crippen LogP contribution in [0, 0.1) is 3.57 Å². The van der Waals surface area contributed by atoms with Crippen LogP contribution in [0.3, 0.4) is 0 Å². The van der Waals surface area contributed by atoms with Gasteiger partial charge in [-0.1, -0.05) is 11.6 Å². The summed E-state index contributed by atoms with van der Waals surface area (Å²) in [5.41, 5.74) is 0.0222. The van der Waals surface area contributed by atoms with Crippen LogP contribution in [0.25, 0.3) is 0 Å². The molecule has 0 aromatic heterocycles. The first kappa shape index (κ1) is 11.8. The first-order chi connectivity index (χ1) is 6.43. The van der Waals surface area contributed by atoms with Gasteiger partial charge in [0.05, 0.1) is 5.02 Å². The molecule has 0 radical (unpaired) electrons. The summed E-state index contributed by atoms with van der Waals surface area (Å²) < 4.78 is 25.2. The zero-order valence-corrected chi connectivity index (χ0v) is 10.1. The van der Waals surface area contributed by atoms with E-state index in [9.17, 15) is 13.6 Å². The molecular weight excluding hydrogens is 324 g/mol. The van der Waals surface area contributed by atoms with Gasteiger partial charge >= 0.3 is 0 Å². The molecule has 0 saturated carbocycles. The Morgan fingerprint density at radius 2 is 2.07 bits per heavy atom. The summed E-state index contributed by atoms with van der Waals surface area (Å²) in [6, 6.07) is 2.58. The van der Waals surface area contributed by atoms with E-state index in [1.165, 1.54) is 19.1 Å². The van der Waals surface area contributed by atoms with Gasteiger partial charge in [-0.05, 0) is 41.6 Å². The van der Waals surface area contributed by atoms with Crippen LogP contribution < -0.4 is 0 Å². The molecule has 0 spiro atoms. The highest BCUT2D eigenvalue weighted by Gasteiger charge is 2.16. The molecule has 0 saturated heterocycles. The lowest BCUT2D eigenvalue weighted by Crippen LogP contribution is -1.98. The minimum absolute atomic E-state index is 0.189. The highest BCUT2D eigenvalue weighted by molar-refractivity contribution is 14.1. The van der Waals surface area contributed by atoms with Gasteiger partial charge in [0, 0.05) is 14.7 Å². The fourth-order valence-electron chi connectivity index (χ4n) is 0.972. The van der Waals surface area contributed by atoms with E-state index in [0.717, 1.165) is 0 Å². The van der Waals surface area contributed by atoms with E-state index in [-0.39, 0.29) is 21.9 Å². The Hall–Kier alpha value is -0.230. The monoisotopic (exact) mass is 330 g/mol. The molecule has 1 rings (SSSR count). The lowest BCUT2D eigenvalue weighted by Gasteiger charge is -2.07. The van der Waals surface area contributed by atoms with Crippen LogP contribution >= 0.6 is 34.2 Å². The molecule has 1 nitrogen and oxygen atoms in total. The van der Waals surface area contributed by atoms with Crippen LogP contribution in [-0.2, 0) is 0 Å². The molecule has 0 heterocycles. The van der Waals surface area contributed by atoms with Gasteiger partial charge in [-0.25, -0.2) is 8.78 Å². The Labute approximate surface area is 98.6 Å². The van der Waals surface area contributed by atoms with Crippen molar-refractivity contribution in [3.05, 3.63) is 31.9 Å². The van der Waals surface area contributed by atoms with Crippen LogP contribution in [0.5, 0.6) is 0 Å².